The van der Waals surface area contributed by atoms with Crippen LogP contribution in [-0.4, -0.2) is 91.1 Å². The van der Waals surface area contributed by atoms with Gasteiger partial charge in [-0.1, -0.05) is 24.3 Å². The topological polar surface area (TPSA) is 80.6 Å². The van der Waals surface area contributed by atoms with Gasteiger partial charge in [-0.3, -0.25) is 19.5 Å². The lowest BCUT2D eigenvalue weighted by molar-refractivity contribution is -0.138. The Bertz CT molecular complexity index is 740. The lowest BCUT2D eigenvalue weighted by Gasteiger charge is -2.31. The number of benzene rings is 1. The largest absolute Gasteiger partial charge is 0.480 e. The monoisotopic (exact) mass is 429 g/mol. The molecule has 3 aliphatic rings. The fourth-order valence-electron chi connectivity index (χ4n) is 4.70. The van der Waals surface area contributed by atoms with E-state index in [0.29, 0.717) is 5.92 Å². The second-order valence-electron chi connectivity index (χ2n) is 9.16. The number of hydroxylamine groups is 1. The molecule has 3 aliphatic heterocycles. The number of carboxylic acids is 1. The van der Waals surface area contributed by atoms with Crippen molar-refractivity contribution in [3.8, 4) is 0 Å². The molecule has 3 saturated heterocycles. The molecule has 0 spiro atoms. The van der Waals surface area contributed by atoms with Crippen LogP contribution in [0.2, 0.25) is 0 Å². The van der Waals surface area contributed by atoms with Gasteiger partial charge in [0, 0.05) is 26.2 Å². The van der Waals surface area contributed by atoms with Gasteiger partial charge in [0.2, 0.25) is 0 Å². The molecule has 31 heavy (non-hydrogen) atoms. The number of carbonyl (C=O) groups is 1. The minimum atomic E-state index is -0.735. The van der Waals surface area contributed by atoms with Crippen LogP contribution in [0.1, 0.15) is 42.9 Å². The number of rotatable bonds is 7. The number of aliphatic carboxylic acids is 1. The van der Waals surface area contributed by atoms with Gasteiger partial charge in [-0.2, -0.15) is 10.6 Å². The number of hydrazone groups is 1. The van der Waals surface area contributed by atoms with Crippen molar-refractivity contribution in [2.24, 2.45) is 11.0 Å². The van der Waals surface area contributed by atoms with Crippen LogP contribution in [0.5, 0.6) is 0 Å². The Labute approximate surface area is 184 Å². The molecule has 8 nitrogen and oxygen atoms in total. The summed E-state index contributed by atoms with van der Waals surface area (Å²) in [5.41, 5.74) is 5.58. The minimum Gasteiger partial charge on any atom is -0.480 e. The molecule has 1 aromatic carbocycles. The Balaban J connectivity index is 1.21. The summed E-state index contributed by atoms with van der Waals surface area (Å²) in [4.78, 5) is 21.1. The van der Waals surface area contributed by atoms with E-state index in [0.717, 1.165) is 70.5 Å². The molecule has 3 fully saturated rings. The van der Waals surface area contributed by atoms with E-state index in [2.05, 4.69) is 51.8 Å². The van der Waals surface area contributed by atoms with E-state index in [1.165, 1.54) is 5.56 Å². The summed E-state index contributed by atoms with van der Waals surface area (Å²) in [6.07, 6.45) is 6.30. The van der Waals surface area contributed by atoms with E-state index < -0.39 is 5.97 Å². The summed E-state index contributed by atoms with van der Waals surface area (Å²) in [5, 5.41) is 15.7. The number of hydrogen-bond donors (Lipinski definition) is 2. The first-order valence-corrected chi connectivity index (χ1v) is 11.5. The van der Waals surface area contributed by atoms with Gasteiger partial charge in [0.15, 0.2) is 0 Å². The van der Waals surface area contributed by atoms with Gasteiger partial charge in [-0.25, -0.2) is 0 Å². The molecule has 3 heterocycles. The Morgan fingerprint density at radius 2 is 1.87 bits per heavy atom. The van der Waals surface area contributed by atoms with Gasteiger partial charge in [0.25, 0.3) is 0 Å². The second kappa shape index (κ2) is 10.5. The summed E-state index contributed by atoms with van der Waals surface area (Å²) in [6.45, 7) is 5.99. The number of nitrogens with zero attached hydrogens (tertiary/aromatic N) is 4. The summed E-state index contributed by atoms with van der Waals surface area (Å²) in [6, 6.07) is 8.81. The van der Waals surface area contributed by atoms with Gasteiger partial charge < -0.3 is 10.0 Å². The molecule has 0 amide bonds. The molecule has 0 aromatic heterocycles. The highest BCUT2D eigenvalue weighted by Crippen LogP contribution is 2.31. The van der Waals surface area contributed by atoms with Gasteiger partial charge in [-0.05, 0) is 62.9 Å². The Kier molecular flexibility index (Phi) is 7.55. The van der Waals surface area contributed by atoms with E-state index in [1.54, 1.807) is 0 Å². The number of nitrogens with one attached hydrogen (secondary N) is 1. The number of hydrogen-bond acceptors (Lipinski definition) is 7. The quantitative estimate of drug-likeness (QED) is 0.640. The first-order chi connectivity index (χ1) is 15.0. The summed E-state index contributed by atoms with van der Waals surface area (Å²) < 4.78 is 0. The van der Waals surface area contributed by atoms with Crippen LogP contribution in [0, 0.1) is 5.92 Å². The molecule has 4 rings (SSSR count). The maximum absolute atomic E-state index is 10.9. The van der Waals surface area contributed by atoms with Gasteiger partial charge in [0.05, 0.1) is 24.9 Å². The number of piperazine rings is 1. The maximum atomic E-state index is 10.9. The Hall–Kier alpha value is -2.00. The zero-order valence-electron chi connectivity index (χ0n) is 18.4. The van der Waals surface area contributed by atoms with Crippen molar-refractivity contribution < 1.29 is 14.7 Å². The number of carboxylic acid groups (broad SMARTS) is 1. The zero-order chi connectivity index (χ0) is 21.6. The van der Waals surface area contributed by atoms with Crippen LogP contribution in [-0.2, 0) is 9.63 Å². The minimum absolute atomic E-state index is 0.159. The van der Waals surface area contributed by atoms with Crippen molar-refractivity contribution in [3.63, 3.8) is 0 Å². The molecule has 1 aromatic rings. The molecule has 170 valence electrons. The van der Waals surface area contributed by atoms with Crippen molar-refractivity contribution in [3.05, 3.63) is 35.4 Å². The van der Waals surface area contributed by atoms with Crippen molar-refractivity contribution in [1.82, 2.24) is 20.3 Å². The highest BCUT2D eigenvalue weighted by Gasteiger charge is 2.30. The van der Waals surface area contributed by atoms with Crippen molar-refractivity contribution in [1.29, 1.82) is 0 Å². The Morgan fingerprint density at radius 1 is 1.16 bits per heavy atom. The lowest BCUT2D eigenvalue weighted by Crippen LogP contribution is -2.41. The first-order valence-electron chi connectivity index (χ1n) is 11.5. The molecule has 2 N–H and O–H groups in total. The fraction of sp³-hybridized carbons (Fsp3) is 0.652. The predicted molar refractivity (Wildman–Crippen MR) is 120 cm³/mol. The molecule has 0 bridgehead atoms. The summed E-state index contributed by atoms with van der Waals surface area (Å²) >= 11 is 0. The van der Waals surface area contributed by atoms with Crippen molar-refractivity contribution in [2.75, 3.05) is 52.9 Å². The van der Waals surface area contributed by atoms with Gasteiger partial charge in [0.1, 0.15) is 0 Å². The molecular formula is C23H35N5O3. The van der Waals surface area contributed by atoms with Crippen LogP contribution >= 0.6 is 0 Å². The average molecular weight is 430 g/mol. The number of piperidine rings is 1. The third kappa shape index (κ3) is 6.49. The normalized spacial score (nSPS) is 26.7. The van der Waals surface area contributed by atoms with Crippen molar-refractivity contribution >= 4 is 12.2 Å². The first kappa shape index (κ1) is 22.2. The molecule has 2 unspecified atom stereocenters. The van der Waals surface area contributed by atoms with E-state index in [1.807, 2.05) is 11.1 Å². The van der Waals surface area contributed by atoms with Crippen LogP contribution < -0.4 is 5.48 Å². The van der Waals surface area contributed by atoms with E-state index in [-0.39, 0.29) is 18.7 Å². The van der Waals surface area contributed by atoms with E-state index >= 15 is 0 Å². The molecular weight excluding hydrogens is 394 g/mol. The highest BCUT2D eigenvalue weighted by atomic mass is 16.7. The molecule has 0 saturated carbocycles. The van der Waals surface area contributed by atoms with Crippen LogP contribution in [0.25, 0.3) is 0 Å². The molecule has 2 atom stereocenters. The zero-order valence-corrected chi connectivity index (χ0v) is 18.4. The summed E-state index contributed by atoms with van der Waals surface area (Å²) in [7, 11) is 2.15. The average Bonchev–Trinajstić information content (AvgIpc) is 3.23. The van der Waals surface area contributed by atoms with Crippen LogP contribution in [0.15, 0.2) is 29.4 Å². The third-order valence-corrected chi connectivity index (χ3v) is 6.73. The SMILES string of the molecule is CN1CCN(N=Cc2ccc(C3CC(CC4CCN(CC(=O)O)CC4)ON3)cc2)CC1. The van der Waals surface area contributed by atoms with E-state index in [4.69, 9.17) is 9.94 Å². The lowest BCUT2D eigenvalue weighted by atomic mass is 9.89. The number of likely N-dealkylation sites (tertiary alicyclic amines) is 1. The standard InChI is InChI=1S/C23H35N5O3/c1-26-10-12-28(13-11-26)24-16-19-2-4-20(5-3-19)22-15-21(31-25-22)14-18-6-8-27(9-7-18)17-23(29)30/h2-5,16,18,21-22,25H,6-15,17H2,1H3,(H,29,30). The third-order valence-electron chi connectivity index (χ3n) is 6.73. The van der Waals surface area contributed by atoms with Gasteiger partial charge in [-0.15, -0.1) is 0 Å². The maximum Gasteiger partial charge on any atom is 0.317 e. The second-order valence-corrected chi connectivity index (χ2v) is 9.16. The molecule has 8 heteroatoms. The van der Waals surface area contributed by atoms with E-state index in [9.17, 15) is 4.79 Å². The predicted octanol–water partition coefficient (Wildman–Crippen LogP) is 1.79. The Morgan fingerprint density at radius 3 is 2.55 bits per heavy atom. The van der Waals surface area contributed by atoms with Crippen LogP contribution in [0.3, 0.4) is 0 Å². The fourth-order valence-corrected chi connectivity index (χ4v) is 4.70. The smallest absolute Gasteiger partial charge is 0.317 e. The summed E-state index contributed by atoms with van der Waals surface area (Å²) in [5.74, 6) is -0.120. The highest BCUT2D eigenvalue weighted by molar-refractivity contribution is 5.79. The van der Waals surface area contributed by atoms with Crippen LogP contribution in [0.4, 0.5) is 0 Å². The number of likely N-dealkylation sites (N-methyl/N-ethyl adjacent to an activating group) is 1. The molecule has 0 radical (unpaired) electrons. The van der Waals surface area contributed by atoms with Crippen molar-refractivity contribution in [2.45, 2.75) is 37.8 Å². The van der Waals surface area contributed by atoms with Gasteiger partial charge >= 0.3 is 5.97 Å². The molecule has 0 aliphatic carbocycles.